The molecule has 2 rings (SSSR count). The average molecular weight is 377 g/mol. The molecule has 0 atom stereocenters. The number of hydrogen-bond donors (Lipinski definition) is 2. The van der Waals surface area contributed by atoms with E-state index in [1.54, 1.807) is 24.3 Å². The van der Waals surface area contributed by atoms with Crippen LogP contribution in [0.5, 0.6) is 0 Å². The molecule has 0 spiro atoms. The molecule has 0 saturated heterocycles. The molecule has 0 heterocycles. The molecule has 0 fully saturated rings. The predicted molar refractivity (Wildman–Crippen MR) is 101 cm³/mol. The van der Waals surface area contributed by atoms with E-state index in [1.807, 2.05) is 30.3 Å². The Hall–Kier alpha value is -2.30. The summed E-state index contributed by atoms with van der Waals surface area (Å²) in [5, 5.41) is 6.51. The quantitative estimate of drug-likeness (QED) is 0.721. The van der Waals surface area contributed by atoms with Crippen LogP contribution in [0.3, 0.4) is 0 Å². The topological polar surface area (TPSA) is 58.2 Å². The third kappa shape index (κ3) is 6.99. The van der Waals surface area contributed by atoms with Gasteiger partial charge in [-0.05, 0) is 35.4 Å². The Morgan fingerprint density at radius 3 is 2.52 bits per heavy atom. The lowest BCUT2D eigenvalue weighted by Gasteiger charge is -2.06. The van der Waals surface area contributed by atoms with Crippen LogP contribution in [-0.4, -0.2) is 18.4 Å². The van der Waals surface area contributed by atoms with Crippen molar-refractivity contribution in [1.29, 1.82) is 0 Å². The molecule has 25 heavy (non-hydrogen) atoms. The zero-order chi connectivity index (χ0) is 18.1. The van der Waals surface area contributed by atoms with Gasteiger partial charge in [0.05, 0.1) is 0 Å². The van der Waals surface area contributed by atoms with Crippen LogP contribution in [0, 0.1) is 0 Å². The second kappa shape index (κ2) is 9.87. The Morgan fingerprint density at radius 2 is 1.76 bits per heavy atom. The summed E-state index contributed by atoms with van der Waals surface area (Å²) < 4.78 is 0. The number of halogens is 2. The van der Waals surface area contributed by atoms with Crippen molar-refractivity contribution in [3.05, 3.63) is 75.8 Å². The zero-order valence-electron chi connectivity index (χ0n) is 13.5. The van der Waals surface area contributed by atoms with E-state index in [2.05, 4.69) is 10.6 Å². The van der Waals surface area contributed by atoms with Gasteiger partial charge in [-0.25, -0.2) is 0 Å². The Labute approximate surface area is 156 Å². The molecule has 4 nitrogen and oxygen atoms in total. The number of hydrogen-bond acceptors (Lipinski definition) is 2. The van der Waals surface area contributed by atoms with Gasteiger partial charge in [-0.1, -0.05) is 53.5 Å². The molecular weight excluding hydrogens is 359 g/mol. The second-order valence-electron chi connectivity index (χ2n) is 5.30. The summed E-state index contributed by atoms with van der Waals surface area (Å²) >= 11 is 11.9. The highest BCUT2D eigenvalue weighted by molar-refractivity contribution is 6.34. The Kier molecular flexibility index (Phi) is 7.51. The molecule has 2 aromatic carbocycles. The highest BCUT2D eigenvalue weighted by Crippen LogP contribution is 2.21. The summed E-state index contributed by atoms with van der Waals surface area (Å²) in [6.45, 7) is 0.730. The molecule has 0 aromatic heterocycles. The first-order valence-electron chi connectivity index (χ1n) is 7.76. The normalized spacial score (nSPS) is 10.6. The first-order valence-corrected chi connectivity index (χ1v) is 8.52. The van der Waals surface area contributed by atoms with Crippen molar-refractivity contribution >= 4 is 41.1 Å². The lowest BCUT2D eigenvalue weighted by Crippen LogP contribution is -2.29. The van der Waals surface area contributed by atoms with Crippen LogP contribution in [0.15, 0.2) is 54.6 Å². The predicted octanol–water partition coefficient (Wildman–Crippen LogP) is 3.83. The minimum absolute atomic E-state index is 0.119. The highest BCUT2D eigenvalue weighted by Gasteiger charge is 2.03. The maximum atomic E-state index is 11.8. The third-order valence-electron chi connectivity index (χ3n) is 3.36. The highest BCUT2D eigenvalue weighted by atomic mass is 35.5. The molecule has 0 saturated carbocycles. The smallest absolute Gasteiger partial charge is 0.244 e. The van der Waals surface area contributed by atoms with Crippen molar-refractivity contribution < 1.29 is 9.59 Å². The van der Waals surface area contributed by atoms with E-state index >= 15 is 0 Å². The van der Waals surface area contributed by atoms with Gasteiger partial charge in [0.15, 0.2) is 0 Å². The van der Waals surface area contributed by atoms with Crippen molar-refractivity contribution in [2.75, 3.05) is 6.54 Å². The minimum atomic E-state index is -0.299. The molecule has 2 aromatic rings. The summed E-state index contributed by atoms with van der Waals surface area (Å²) in [6, 6.07) is 14.6. The average Bonchev–Trinajstić information content (AvgIpc) is 2.61. The maximum Gasteiger partial charge on any atom is 0.244 e. The zero-order valence-corrected chi connectivity index (χ0v) is 15.0. The fraction of sp³-hybridized carbons (Fsp3) is 0.158. The summed E-state index contributed by atoms with van der Waals surface area (Å²) in [5.41, 5.74) is 1.69. The number of carbonyl (C=O) groups excluding carboxylic acids is 2. The lowest BCUT2D eigenvalue weighted by atomic mass is 10.2. The van der Waals surface area contributed by atoms with E-state index in [9.17, 15) is 9.59 Å². The monoisotopic (exact) mass is 376 g/mol. The fourth-order valence-electron chi connectivity index (χ4n) is 2.05. The van der Waals surface area contributed by atoms with Crippen LogP contribution in [-0.2, 0) is 16.1 Å². The molecule has 0 unspecified atom stereocenters. The maximum absolute atomic E-state index is 11.8. The molecule has 0 radical (unpaired) electrons. The van der Waals surface area contributed by atoms with Crippen molar-refractivity contribution in [2.24, 2.45) is 0 Å². The minimum Gasteiger partial charge on any atom is -0.352 e. The second-order valence-corrected chi connectivity index (χ2v) is 6.15. The van der Waals surface area contributed by atoms with Gasteiger partial charge in [-0.2, -0.15) is 0 Å². The van der Waals surface area contributed by atoms with Crippen molar-refractivity contribution in [1.82, 2.24) is 10.6 Å². The van der Waals surface area contributed by atoms with Gasteiger partial charge in [-0.15, -0.1) is 0 Å². The SMILES string of the molecule is O=C(/C=C/c1cc(Cl)ccc1Cl)NCCC(=O)NCc1ccccc1. The van der Waals surface area contributed by atoms with E-state index < -0.39 is 0 Å². The number of carbonyl (C=O) groups is 2. The van der Waals surface area contributed by atoms with Crippen LogP contribution in [0.4, 0.5) is 0 Å². The summed E-state index contributed by atoms with van der Waals surface area (Å²) in [4.78, 5) is 23.5. The van der Waals surface area contributed by atoms with E-state index in [0.717, 1.165) is 5.56 Å². The van der Waals surface area contributed by atoms with E-state index in [0.29, 0.717) is 22.2 Å². The van der Waals surface area contributed by atoms with Crippen LogP contribution in [0.25, 0.3) is 6.08 Å². The standard InChI is InChI=1S/C19H18Cl2N2O2/c20-16-7-8-17(21)15(12-16)6-9-18(24)22-11-10-19(25)23-13-14-4-2-1-3-5-14/h1-9,12H,10-11,13H2,(H,22,24)(H,23,25)/b9-6+. The summed E-state index contributed by atoms with van der Waals surface area (Å²) in [5.74, 6) is -0.419. The van der Waals surface area contributed by atoms with Crippen LogP contribution >= 0.6 is 23.2 Å². The Balaban J connectivity index is 1.70. The van der Waals surface area contributed by atoms with Crippen molar-refractivity contribution in [3.8, 4) is 0 Å². The number of nitrogens with one attached hydrogen (secondary N) is 2. The molecule has 6 heteroatoms. The molecule has 0 aliphatic carbocycles. The Bertz CT molecular complexity index is 761. The van der Waals surface area contributed by atoms with E-state index in [-0.39, 0.29) is 24.8 Å². The number of amides is 2. The van der Waals surface area contributed by atoms with Gasteiger partial charge >= 0.3 is 0 Å². The third-order valence-corrected chi connectivity index (χ3v) is 3.94. The van der Waals surface area contributed by atoms with E-state index in [4.69, 9.17) is 23.2 Å². The van der Waals surface area contributed by atoms with Crippen LogP contribution < -0.4 is 10.6 Å². The molecule has 130 valence electrons. The number of benzene rings is 2. The van der Waals surface area contributed by atoms with Gasteiger partial charge in [-0.3, -0.25) is 9.59 Å². The molecule has 0 aliphatic rings. The van der Waals surface area contributed by atoms with Crippen molar-refractivity contribution in [2.45, 2.75) is 13.0 Å². The van der Waals surface area contributed by atoms with Gasteiger partial charge in [0.25, 0.3) is 0 Å². The van der Waals surface area contributed by atoms with Gasteiger partial charge in [0.2, 0.25) is 11.8 Å². The van der Waals surface area contributed by atoms with E-state index in [1.165, 1.54) is 6.08 Å². The fourth-order valence-corrected chi connectivity index (χ4v) is 2.41. The first kappa shape index (κ1) is 19.0. The van der Waals surface area contributed by atoms with Crippen LogP contribution in [0.1, 0.15) is 17.5 Å². The van der Waals surface area contributed by atoms with Gasteiger partial charge in [0, 0.05) is 35.6 Å². The largest absolute Gasteiger partial charge is 0.352 e. The van der Waals surface area contributed by atoms with Crippen LogP contribution in [0.2, 0.25) is 10.0 Å². The molecular formula is C19H18Cl2N2O2. The van der Waals surface area contributed by atoms with Crippen molar-refractivity contribution in [3.63, 3.8) is 0 Å². The summed E-state index contributed by atoms with van der Waals surface area (Å²) in [7, 11) is 0. The molecule has 0 bridgehead atoms. The first-order chi connectivity index (χ1) is 12.0. The Morgan fingerprint density at radius 1 is 1.00 bits per heavy atom. The molecule has 0 aliphatic heterocycles. The van der Waals surface area contributed by atoms with Gasteiger partial charge < -0.3 is 10.6 Å². The molecule has 2 amide bonds. The van der Waals surface area contributed by atoms with Gasteiger partial charge in [0.1, 0.15) is 0 Å². The molecule has 2 N–H and O–H groups in total. The number of rotatable bonds is 7. The summed E-state index contributed by atoms with van der Waals surface area (Å²) in [6.07, 6.45) is 3.16. The lowest BCUT2D eigenvalue weighted by molar-refractivity contribution is -0.121.